The molecule has 0 saturated carbocycles. The number of amides is 1. The fourth-order valence-corrected chi connectivity index (χ4v) is 3.52. The number of aryl methyl sites for hydroxylation is 1. The maximum Gasteiger partial charge on any atom is 0.305 e. The average molecular weight is 421 g/mol. The van der Waals surface area contributed by atoms with E-state index in [1.54, 1.807) is 18.2 Å². The Kier molecular flexibility index (Phi) is 7.62. The monoisotopic (exact) mass is 421 g/mol. The Balaban J connectivity index is 1.86. The molecule has 162 valence electrons. The van der Waals surface area contributed by atoms with Gasteiger partial charge >= 0.3 is 5.97 Å². The third kappa shape index (κ3) is 5.61. The standard InChI is InChI=1S/C25H27NO5/c1-17(21-10-6-8-18-7-4-5-9-22(18)21)26-25(28)23-15-20(31-16-29-2)13-11-19(23)12-14-24(27)30-3/h4-11,13,15,17H,12,14,16H2,1-3H3,(H,26,28)/t17-/m1/s1. The Hall–Kier alpha value is -3.38. The van der Waals surface area contributed by atoms with Gasteiger partial charge in [0.2, 0.25) is 0 Å². The van der Waals surface area contributed by atoms with Crippen LogP contribution in [0, 0.1) is 0 Å². The zero-order chi connectivity index (χ0) is 22.2. The van der Waals surface area contributed by atoms with Crippen molar-refractivity contribution in [2.75, 3.05) is 21.0 Å². The van der Waals surface area contributed by atoms with Gasteiger partial charge in [0.25, 0.3) is 5.91 Å². The Morgan fingerprint density at radius 2 is 1.77 bits per heavy atom. The van der Waals surface area contributed by atoms with Crippen LogP contribution in [0.25, 0.3) is 10.8 Å². The second-order valence-corrected chi connectivity index (χ2v) is 7.21. The van der Waals surface area contributed by atoms with E-state index < -0.39 is 0 Å². The van der Waals surface area contributed by atoms with Crippen LogP contribution in [0.3, 0.4) is 0 Å². The van der Waals surface area contributed by atoms with Crippen molar-refractivity contribution in [2.24, 2.45) is 0 Å². The van der Waals surface area contributed by atoms with Crippen LogP contribution in [0.1, 0.15) is 40.9 Å². The Morgan fingerprint density at radius 3 is 2.55 bits per heavy atom. The van der Waals surface area contributed by atoms with Gasteiger partial charge < -0.3 is 19.5 Å². The molecule has 0 radical (unpaired) electrons. The van der Waals surface area contributed by atoms with Crippen LogP contribution in [0.4, 0.5) is 0 Å². The van der Waals surface area contributed by atoms with Crippen molar-refractivity contribution >= 4 is 22.6 Å². The normalized spacial score (nSPS) is 11.7. The van der Waals surface area contributed by atoms with Gasteiger partial charge in [-0.05, 0) is 47.4 Å². The summed E-state index contributed by atoms with van der Waals surface area (Å²) >= 11 is 0. The largest absolute Gasteiger partial charge is 0.469 e. The topological polar surface area (TPSA) is 73.9 Å². The molecule has 3 rings (SSSR count). The summed E-state index contributed by atoms with van der Waals surface area (Å²) < 4.78 is 15.2. The van der Waals surface area contributed by atoms with Gasteiger partial charge in [-0.3, -0.25) is 9.59 Å². The number of benzene rings is 3. The SMILES string of the molecule is COCOc1ccc(CCC(=O)OC)c(C(=O)N[C@H](C)c2cccc3ccccc23)c1. The summed E-state index contributed by atoms with van der Waals surface area (Å²) in [6.07, 6.45) is 0.580. The van der Waals surface area contributed by atoms with Gasteiger partial charge in [0.1, 0.15) is 5.75 Å². The van der Waals surface area contributed by atoms with E-state index in [1.165, 1.54) is 14.2 Å². The lowest BCUT2D eigenvalue weighted by molar-refractivity contribution is -0.140. The summed E-state index contributed by atoms with van der Waals surface area (Å²) in [5.74, 6) is -0.0370. The maximum absolute atomic E-state index is 13.2. The van der Waals surface area contributed by atoms with Crippen LogP contribution < -0.4 is 10.1 Å². The third-order valence-electron chi connectivity index (χ3n) is 5.13. The van der Waals surface area contributed by atoms with Crippen LogP contribution >= 0.6 is 0 Å². The number of carbonyl (C=O) groups excluding carboxylic acids is 2. The first-order valence-corrected chi connectivity index (χ1v) is 10.1. The molecule has 0 bridgehead atoms. The van der Waals surface area contributed by atoms with E-state index in [2.05, 4.69) is 17.4 Å². The Bertz CT molecular complexity index is 1060. The highest BCUT2D eigenvalue weighted by atomic mass is 16.7. The van der Waals surface area contributed by atoms with Gasteiger partial charge in [0.15, 0.2) is 6.79 Å². The molecule has 1 amide bonds. The molecule has 0 aliphatic heterocycles. The number of esters is 1. The van der Waals surface area contributed by atoms with E-state index in [0.717, 1.165) is 21.9 Å². The Morgan fingerprint density at radius 1 is 1.00 bits per heavy atom. The molecule has 3 aromatic rings. The summed E-state index contributed by atoms with van der Waals surface area (Å²) in [5.41, 5.74) is 2.25. The zero-order valence-electron chi connectivity index (χ0n) is 18.0. The number of nitrogens with one attached hydrogen (secondary N) is 1. The quantitative estimate of drug-likeness (QED) is 0.409. The maximum atomic E-state index is 13.2. The van der Waals surface area contributed by atoms with Crippen molar-refractivity contribution in [3.8, 4) is 5.75 Å². The highest BCUT2D eigenvalue weighted by Crippen LogP contribution is 2.25. The number of hydrogen-bond donors (Lipinski definition) is 1. The van der Waals surface area contributed by atoms with Crippen LogP contribution in [-0.4, -0.2) is 32.9 Å². The van der Waals surface area contributed by atoms with Crippen molar-refractivity contribution in [1.82, 2.24) is 5.32 Å². The molecule has 6 heteroatoms. The summed E-state index contributed by atoms with van der Waals surface area (Å²) in [4.78, 5) is 24.8. The highest BCUT2D eigenvalue weighted by Gasteiger charge is 2.18. The third-order valence-corrected chi connectivity index (χ3v) is 5.13. The first kappa shape index (κ1) is 22.3. The number of fused-ring (bicyclic) bond motifs is 1. The minimum absolute atomic E-state index is 0.0783. The molecule has 0 unspecified atom stereocenters. The second kappa shape index (κ2) is 10.6. The minimum Gasteiger partial charge on any atom is -0.469 e. The van der Waals surface area contributed by atoms with Crippen LogP contribution in [0.15, 0.2) is 60.7 Å². The molecule has 0 aliphatic carbocycles. The predicted molar refractivity (Wildman–Crippen MR) is 119 cm³/mol. The lowest BCUT2D eigenvalue weighted by Crippen LogP contribution is -2.28. The van der Waals surface area contributed by atoms with E-state index in [4.69, 9.17) is 14.2 Å². The lowest BCUT2D eigenvalue weighted by Gasteiger charge is -2.18. The molecule has 6 nitrogen and oxygen atoms in total. The van der Waals surface area contributed by atoms with Crippen molar-refractivity contribution in [3.05, 3.63) is 77.4 Å². The molecular weight excluding hydrogens is 394 g/mol. The van der Waals surface area contributed by atoms with Crippen LogP contribution in [0.5, 0.6) is 5.75 Å². The molecule has 31 heavy (non-hydrogen) atoms. The zero-order valence-corrected chi connectivity index (χ0v) is 18.0. The molecular formula is C25H27NO5. The van der Waals surface area contributed by atoms with Gasteiger partial charge in [-0.15, -0.1) is 0 Å². The van der Waals surface area contributed by atoms with E-state index in [9.17, 15) is 9.59 Å². The molecule has 1 atom stereocenters. The van der Waals surface area contributed by atoms with Gasteiger partial charge in [-0.2, -0.15) is 0 Å². The van der Waals surface area contributed by atoms with Crippen molar-refractivity contribution in [1.29, 1.82) is 0 Å². The summed E-state index contributed by atoms with van der Waals surface area (Å²) in [6, 6.07) is 19.2. The fourth-order valence-electron chi connectivity index (χ4n) is 3.52. The summed E-state index contributed by atoms with van der Waals surface area (Å²) in [5, 5.41) is 5.31. The fraction of sp³-hybridized carbons (Fsp3) is 0.280. The molecule has 0 heterocycles. The average Bonchev–Trinajstić information content (AvgIpc) is 2.80. The number of ether oxygens (including phenoxy) is 3. The minimum atomic E-state index is -0.324. The smallest absolute Gasteiger partial charge is 0.305 e. The molecule has 1 N–H and O–H groups in total. The van der Waals surface area contributed by atoms with Gasteiger partial charge in [-0.25, -0.2) is 0 Å². The molecule has 0 aliphatic rings. The Labute approximate surface area is 182 Å². The molecule has 0 aromatic heterocycles. The molecule has 0 fully saturated rings. The second-order valence-electron chi connectivity index (χ2n) is 7.21. The molecule has 0 saturated heterocycles. The summed E-state index contributed by atoms with van der Waals surface area (Å²) in [7, 11) is 2.88. The molecule has 0 spiro atoms. The van der Waals surface area contributed by atoms with Crippen molar-refractivity contribution in [3.63, 3.8) is 0 Å². The van der Waals surface area contributed by atoms with Crippen molar-refractivity contribution < 1.29 is 23.8 Å². The van der Waals surface area contributed by atoms with Crippen LogP contribution in [-0.2, 0) is 20.7 Å². The van der Waals surface area contributed by atoms with Gasteiger partial charge in [-0.1, -0.05) is 48.5 Å². The van der Waals surface area contributed by atoms with Gasteiger partial charge in [0, 0.05) is 19.1 Å². The number of carbonyl (C=O) groups is 2. The lowest BCUT2D eigenvalue weighted by atomic mass is 9.98. The molecule has 3 aromatic carbocycles. The van der Waals surface area contributed by atoms with E-state index in [1.807, 2.05) is 37.3 Å². The number of rotatable bonds is 9. The van der Waals surface area contributed by atoms with E-state index in [0.29, 0.717) is 17.7 Å². The van der Waals surface area contributed by atoms with Crippen LogP contribution in [0.2, 0.25) is 0 Å². The highest BCUT2D eigenvalue weighted by molar-refractivity contribution is 5.97. The summed E-state index contributed by atoms with van der Waals surface area (Å²) in [6.45, 7) is 2.04. The first-order chi connectivity index (χ1) is 15.0. The predicted octanol–water partition coefficient (Wildman–Crippen LogP) is 4.42. The van der Waals surface area contributed by atoms with Crippen molar-refractivity contribution in [2.45, 2.75) is 25.8 Å². The van der Waals surface area contributed by atoms with Gasteiger partial charge in [0.05, 0.1) is 13.2 Å². The number of hydrogen-bond acceptors (Lipinski definition) is 5. The number of methoxy groups -OCH3 is 2. The first-order valence-electron chi connectivity index (χ1n) is 10.1. The van der Waals surface area contributed by atoms with E-state index >= 15 is 0 Å². The van der Waals surface area contributed by atoms with E-state index in [-0.39, 0.29) is 31.1 Å².